The Morgan fingerprint density at radius 2 is 2.13 bits per heavy atom. The maximum Gasteiger partial charge on any atom is 0.174 e. The van der Waals surface area contributed by atoms with Gasteiger partial charge in [0.1, 0.15) is 11.8 Å². The summed E-state index contributed by atoms with van der Waals surface area (Å²) in [6.07, 6.45) is 1.82. The predicted octanol–water partition coefficient (Wildman–Crippen LogP) is 1.86. The lowest BCUT2D eigenvalue weighted by atomic mass is 10.2. The molecular weight excluding hydrogens is 188 g/mol. The molecule has 15 heavy (non-hydrogen) atoms. The maximum atomic E-state index is 8.33. The molecule has 0 saturated heterocycles. The van der Waals surface area contributed by atoms with Crippen LogP contribution in [0.4, 0.5) is 0 Å². The summed E-state index contributed by atoms with van der Waals surface area (Å²) in [7, 11) is 0. The minimum absolute atomic E-state index is 0.0913. The molecule has 0 bridgehead atoms. The first-order valence-corrected chi connectivity index (χ1v) is 4.77. The van der Waals surface area contributed by atoms with Crippen molar-refractivity contribution in [2.24, 2.45) is 0 Å². The molecule has 1 N–H and O–H groups in total. The Balaban J connectivity index is 2.42. The quantitative estimate of drug-likeness (QED) is 0.565. The highest BCUT2D eigenvalue weighted by atomic mass is 16.5. The molecule has 0 amide bonds. The molecule has 0 aliphatic heterocycles. The van der Waals surface area contributed by atoms with E-state index in [-0.39, 0.29) is 6.61 Å². The molecule has 0 fully saturated rings. The SMILES string of the molecule is C=CCNCc1ccc(OCC#N)cc1. The fourth-order valence-electron chi connectivity index (χ4n) is 1.14. The van der Waals surface area contributed by atoms with E-state index in [1.54, 1.807) is 0 Å². The zero-order valence-electron chi connectivity index (χ0n) is 8.57. The van der Waals surface area contributed by atoms with Crippen LogP contribution >= 0.6 is 0 Å². The van der Waals surface area contributed by atoms with Gasteiger partial charge in [-0.3, -0.25) is 0 Å². The van der Waals surface area contributed by atoms with Crippen molar-refractivity contribution in [3.63, 3.8) is 0 Å². The highest BCUT2D eigenvalue weighted by Gasteiger charge is 1.94. The fourth-order valence-corrected chi connectivity index (χ4v) is 1.14. The van der Waals surface area contributed by atoms with E-state index in [9.17, 15) is 0 Å². The van der Waals surface area contributed by atoms with Crippen LogP contribution in [0.5, 0.6) is 5.75 Å². The van der Waals surface area contributed by atoms with Crippen LogP contribution in [0, 0.1) is 11.3 Å². The molecule has 78 valence electrons. The maximum absolute atomic E-state index is 8.33. The third-order valence-corrected chi connectivity index (χ3v) is 1.84. The van der Waals surface area contributed by atoms with Crippen LogP contribution in [-0.2, 0) is 6.54 Å². The summed E-state index contributed by atoms with van der Waals surface area (Å²) in [5.74, 6) is 0.726. The number of benzene rings is 1. The molecule has 0 atom stereocenters. The molecule has 3 nitrogen and oxygen atoms in total. The van der Waals surface area contributed by atoms with Gasteiger partial charge in [-0.05, 0) is 17.7 Å². The van der Waals surface area contributed by atoms with E-state index in [0.29, 0.717) is 0 Å². The Kier molecular flexibility index (Phi) is 4.99. The van der Waals surface area contributed by atoms with Gasteiger partial charge < -0.3 is 10.1 Å². The van der Waals surface area contributed by atoms with Gasteiger partial charge in [0, 0.05) is 13.1 Å². The van der Waals surface area contributed by atoms with Gasteiger partial charge >= 0.3 is 0 Å². The van der Waals surface area contributed by atoms with Gasteiger partial charge in [-0.15, -0.1) is 6.58 Å². The summed E-state index contributed by atoms with van der Waals surface area (Å²) in [6.45, 7) is 5.33. The summed E-state index contributed by atoms with van der Waals surface area (Å²) in [4.78, 5) is 0. The van der Waals surface area contributed by atoms with Crippen LogP contribution in [0.25, 0.3) is 0 Å². The van der Waals surface area contributed by atoms with Crippen molar-refractivity contribution >= 4 is 0 Å². The average Bonchev–Trinajstić information content (AvgIpc) is 2.28. The van der Waals surface area contributed by atoms with Crippen molar-refractivity contribution in [3.8, 4) is 11.8 Å². The molecule has 0 aliphatic carbocycles. The predicted molar refractivity (Wildman–Crippen MR) is 59.5 cm³/mol. The smallest absolute Gasteiger partial charge is 0.174 e. The molecule has 3 heteroatoms. The summed E-state index contributed by atoms with van der Waals surface area (Å²) in [6, 6.07) is 9.60. The number of ether oxygens (including phenoxy) is 1. The van der Waals surface area contributed by atoms with Gasteiger partial charge in [-0.25, -0.2) is 0 Å². The van der Waals surface area contributed by atoms with Crippen LogP contribution in [-0.4, -0.2) is 13.2 Å². The first-order valence-electron chi connectivity index (χ1n) is 4.77. The standard InChI is InChI=1S/C12H14N2O/c1-2-8-14-10-11-3-5-12(6-4-11)15-9-7-13/h2-6,14H,1,8-10H2. The Hall–Kier alpha value is -1.79. The van der Waals surface area contributed by atoms with Crippen LogP contribution in [0.2, 0.25) is 0 Å². The van der Waals surface area contributed by atoms with Crippen LogP contribution < -0.4 is 10.1 Å². The molecule has 1 aromatic carbocycles. The van der Waals surface area contributed by atoms with Gasteiger partial charge in [0.05, 0.1) is 0 Å². The highest BCUT2D eigenvalue weighted by molar-refractivity contribution is 5.27. The van der Waals surface area contributed by atoms with Crippen molar-refractivity contribution < 1.29 is 4.74 Å². The number of nitrogens with zero attached hydrogens (tertiary/aromatic N) is 1. The van der Waals surface area contributed by atoms with Gasteiger partial charge in [0.2, 0.25) is 0 Å². The zero-order valence-corrected chi connectivity index (χ0v) is 8.57. The summed E-state index contributed by atoms with van der Waals surface area (Å²) >= 11 is 0. The highest BCUT2D eigenvalue weighted by Crippen LogP contribution is 2.11. The third-order valence-electron chi connectivity index (χ3n) is 1.84. The Morgan fingerprint density at radius 3 is 2.73 bits per heavy atom. The minimum atomic E-state index is 0.0913. The minimum Gasteiger partial charge on any atom is -0.479 e. The molecule has 1 rings (SSSR count). The van der Waals surface area contributed by atoms with Crippen LogP contribution in [0.1, 0.15) is 5.56 Å². The van der Waals surface area contributed by atoms with E-state index in [0.717, 1.165) is 18.8 Å². The topological polar surface area (TPSA) is 45.0 Å². The third kappa shape index (κ3) is 4.30. The lowest BCUT2D eigenvalue weighted by molar-refractivity contribution is 0.368. The molecule has 0 radical (unpaired) electrons. The van der Waals surface area contributed by atoms with Crippen LogP contribution in [0.3, 0.4) is 0 Å². The fraction of sp³-hybridized carbons (Fsp3) is 0.250. The number of hydrogen-bond acceptors (Lipinski definition) is 3. The van der Waals surface area contributed by atoms with Gasteiger partial charge in [0.25, 0.3) is 0 Å². The van der Waals surface area contributed by atoms with Crippen molar-refractivity contribution in [2.75, 3.05) is 13.2 Å². The van der Waals surface area contributed by atoms with Crippen molar-refractivity contribution in [1.29, 1.82) is 5.26 Å². The Bertz CT molecular complexity index is 338. The number of nitrogens with one attached hydrogen (secondary N) is 1. The van der Waals surface area contributed by atoms with Gasteiger partial charge in [-0.2, -0.15) is 5.26 Å². The van der Waals surface area contributed by atoms with E-state index in [4.69, 9.17) is 10.00 Å². The van der Waals surface area contributed by atoms with Crippen molar-refractivity contribution in [2.45, 2.75) is 6.54 Å². The Morgan fingerprint density at radius 1 is 1.40 bits per heavy atom. The summed E-state index contributed by atoms with van der Waals surface area (Å²) in [5.41, 5.74) is 1.18. The molecule has 0 aromatic heterocycles. The van der Waals surface area contributed by atoms with E-state index < -0.39 is 0 Å². The number of rotatable bonds is 6. The second kappa shape index (κ2) is 6.63. The lowest BCUT2D eigenvalue weighted by Crippen LogP contribution is -2.12. The monoisotopic (exact) mass is 202 g/mol. The molecular formula is C12H14N2O. The lowest BCUT2D eigenvalue weighted by Gasteiger charge is -2.04. The second-order valence-electron chi connectivity index (χ2n) is 3.01. The van der Waals surface area contributed by atoms with E-state index in [1.807, 2.05) is 36.4 Å². The molecule has 1 aromatic rings. The Labute approximate surface area is 90.0 Å². The zero-order chi connectivity index (χ0) is 10.9. The van der Waals surface area contributed by atoms with E-state index >= 15 is 0 Å². The number of hydrogen-bond donors (Lipinski definition) is 1. The first-order chi connectivity index (χ1) is 7.36. The molecule has 0 aliphatic rings. The summed E-state index contributed by atoms with van der Waals surface area (Å²) < 4.78 is 5.14. The molecule has 0 heterocycles. The number of nitriles is 1. The largest absolute Gasteiger partial charge is 0.479 e. The summed E-state index contributed by atoms with van der Waals surface area (Å²) in [5, 5.41) is 11.5. The second-order valence-corrected chi connectivity index (χ2v) is 3.01. The molecule has 0 spiro atoms. The van der Waals surface area contributed by atoms with Crippen molar-refractivity contribution in [1.82, 2.24) is 5.32 Å². The molecule has 0 saturated carbocycles. The van der Waals surface area contributed by atoms with Gasteiger partial charge in [0.15, 0.2) is 6.61 Å². The van der Waals surface area contributed by atoms with Crippen LogP contribution in [0.15, 0.2) is 36.9 Å². The van der Waals surface area contributed by atoms with Crippen molar-refractivity contribution in [3.05, 3.63) is 42.5 Å². The van der Waals surface area contributed by atoms with E-state index in [1.165, 1.54) is 5.56 Å². The normalized spacial score (nSPS) is 9.27. The molecule has 0 unspecified atom stereocenters. The van der Waals surface area contributed by atoms with Gasteiger partial charge in [-0.1, -0.05) is 18.2 Å². The first kappa shape index (κ1) is 11.3. The van der Waals surface area contributed by atoms with E-state index in [2.05, 4.69) is 11.9 Å². The average molecular weight is 202 g/mol.